The van der Waals surface area contributed by atoms with Gasteiger partial charge in [0, 0.05) is 10.0 Å². The average molecular weight is 331 g/mol. The monoisotopic (exact) mass is 329 g/mol. The predicted octanol–water partition coefficient (Wildman–Crippen LogP) is 4.61. The minimum Gasteiger partial charge on any atom is -0.319 e. The van der Waals surface area contributed by atoms with Crippen molar-refractivity contribution in [2.75, 3.05) is 0 Å². The van der Waals surface area contributed by atoms with Crippen LogP contribution in [0.25, 0.3) is 0 Å². The summed E-state index contributed by atoms with van der Waals surface area (Å²) in [5.74, 6) is -5.07. The zero-order valence-corrected chi connectivity index (χ0v) is 10.8. The Morgan fingerprint density at radius 3 is 1.94 bits per heavy atom. The van der Waals surface area contributed by atoms with Gasteiger partial charge in [0.15, 0.2) is 0 Å². The molecule has 0 aliphatic rings. The Bertz CT molecular complexity index is 421. The van der Waals surface area contributed by atoms with Crippen LogP contribution in [0.3, 0.4) is 0 Å². The third kappa shape index (κ3) is 3.38. The van der Waals surface area contributed by atoms with Crippen LogP contribution in [0, 0.1) is 0 Å². The number of halogens is 8. The van der Waals surface area contributed by atoms with Crippen LogP contribution in [0.4, 0.5) is 22.0 Å². The summed E-state index contributed by atoms with van der Waals surface area (Å²) < 4.78 is 62.1. The Kier molecular flexibility index (Phi) is 5.68. The molecule has 0 bridgehead atoms. The maximum atomic E-state index is 12.9. The van der Waals surface area contributed by atoms with Gasteiger partial charge >= 0.3 is 12.1 Å². The molecule has 18 heavy (non-hydrogen) atoms. The molecule has 0 saturated heterocycles. The van der Waals surface area contributed by atoms with E-state index in [4.69, 9.17) is 28.9 Å². The fraction of sp³-hybridized carbons (Fsp3) is 0.333. The molecule has 0 heterocycles. The molecule has 1 aromatic rings. The van der Waals surface area contributed by atoms with Crippen LogP contribution >= 0.6 is 35.6 Å². The third-order valence-electron chi connectivity index (χ3n) is 2.07. The predicted molar refractivity (Wildman–Crippen MR) is 61.6 cm³/mol. The van der Waals surface area contributed by atoms with E-state index in [2.05, 4.69) is 0 Å². The molecule has 1 atom stereocenters. The largest absolute Gasteiger partial charge is 0.455 e. The first-order chi connectivity index (χ1) is 7.57. The number of benzene rings is 1. The Morgan fingerprint density at radius 1 is 1.06 bits per heavy atom. The van der Waals surface area contributed by atoms with Crippen LogP contribution in [0.15, 0.2) is 18.2 Å². The van der Waals surface area contributed by atoms with Crippen molar-refractivity contribution >= 4 is 35.6 Å². The van der Waals surface area contributed by atoms with Gasteiger partial charge in [-0.25, -0.2) is 0 Å². The lowest BCUT2D eigenvalue weighted by Crippen LogP contribution is -2.45. The Labute approximate surface area is 115 Å². The highest BCUT2D eigenvalue weighted by Crippen LogP contribution is 2.44. The van der Waals surface area contributed by atoms with Crippen molar-refractivity contribution in [2.24, 2.45) is 5.73 Å². The summed E-state index contributed by atoms with van der Waals surface area (Å²) in [7, 11) is 0. The normalized spacial score (nSPS) is 14.0. The molecule has 0 fully saturated rings. The summed E-state index contributed by atoms with van der Waals surface area (Å²) in [6.45, 7) is 0. The molecule has 0 spiro atoms. The minimum atomic E-state index is -5.74. The van der Waals surface area contributed by atoms with E-state index in [0.717, 1.165) is 18.2 Å². The average Bonchev–Trinajstić information content (AvgIpc) is 2.14. The molecule has 1 nitrogen and oxygen atoms in total. The number of rotatable bonds is 2. The summed E-state index contributed by atoms with van der Waals surface area (Å²) >= 11 is 11.0. The van der Waals surface area contributed by atoms with Gasteiger partial charge in [-0.15, -0.1) is 12.4 Å². The van der Waals surface area contributed by atoms with E-state index in [1.807, 2.05) is 0 Å². The maximum absolute atomic E-state index is 12.9. The van der Waals surface area contributed by atoms with E-state index in [0.29, 0.717) is 0 Å². The smallest absolute Gasteiger partial charge is 0.319 e. The van der Waals surface area contributed by atoms with Crippen LogP contribution in [-0.2, 0) is 0 Å². The van der Waals surface area contributed by atoms with E-state index >= 15 is 0 Å². The molecule has 0 aliphatic heterocycles. The summed E-state index contributed by atoms with van der Waals surface area (Å²) in [6.07, 6.45) is -5.74. The molecule has 0 aromatic heterocycles. The van der Waals surface area contributed by atoms with Crippen LogP contribution < -0.4 is 5.73 Å². The van der Waals surface area contributed by atoms with E-state index in [1.54, 1.807) is 0 Å². The van der Waals surface area contributed by atoms with E-state index in [1.165, 1.54) is 0 Å². The Morgan fingerprint density at radius 2 is 1.56 bits per heavy atom. The first-order valence-corrected chi connectivity index (χ1v) is 4.98. The molecule has 0 radical (unpaired) electrons. The second-order valence-electron chi connectivity index (χ2n) is 3.26. The van der Waals surface area contributed by atoms with Gasteiger partial charge in [-0.3, -0.25) is 0 Å². The van der Waals surface area contributed by atoms with Gasteiger partial charge in [0.05, 0.1) is 0 Å². The summed E-state index contributed by atoms with van der Waals surface area (Å²) in [5, 5.41) is -0.227. The first-order valence-electron chi connectivity index (χ1n) is 4.22. The van der Waals surface area contributed by atoms with E-state index in [-0.39, 0.29) is 22.5 Å². The number of alkyl halides is 5. The fourth-order valence-electron chi connectivity index (χ4n) is 1.13. The first kappa shape index (κ1) is 17.7. The highest BCUT2D eigenvalue weighted by molar-refractivity contribution is 6.35. The van der Waals surface area contributed by atoms with Crippen LogP contribution in [0.5, 0.6) is 0 Å². The quantitative estimate of drug-likeness (QED) is 0.787. The lowest BCUT2D eigenvalue weighted by Gasteiger charge is -2.26. The molecular weight excluding hydrogens is 323 g/mol. The fourth-order valence-corrected chi connectivity index (χ4v) is 1.65. The van der Waals surface area contributed by atoms with Crippen molar-refractivity contribution in [3.8, 4) is 0 Å². The maximum Gasteiger partial charge on any atom is 0.455 e. The second-order valence-corrected chi connectivity index (χ2v) is 4.11. The van der Waals surface area contributed by atoms with Crippen molar-refractivity contribution in [3.05, 3.63) is 33.8 Å². The van der Waals surface area contributed by atoms with Gasteiger partial charge in [-0.05, 0) is 17.7 Å². The zero-order chi connectivity index (χ0) is 13.4. The lowest BCUT2D eigenvalue weighted by molar-refractivity contribution is -0.290. The van der Waals surface area contributed by atoms with Crippen molar-refractivity contribution in [1.29, 1.82) is 0 Å². The number of hydrogen-bond donors (Lipinski definition) is 1. The number of hydrogen-bond acceptors (Lipinski definition) is 1. The molecule has 1 aromatic carbocycles. The standard InChI is InChI=1S/C9H6Cl2F5N.ClH/c10-4-1-2-5(6(11)3-4)7(17)8(12,13)9(14,15)16;/h1-3,7H,17H2;1H/t7-;/m1./s1. The summed E-state index contributed by atoms with van der Waals surface area (Å²) in [4.78, 5) is 0. The summed E-state index contributed by atoms with van der Waals surface area (Å²) in [5.41, 5.74) is 4.40. The molecule has 9 heteroatoms. The summed E-state index contributed by atoms with van der Waals surface area (Å²) in [6, 6.07) is 0.543. The lowest BCUT2D eigenvalue weighted by atomic mass is 10.0. The van der Waals surface area contributed by atoms with Crippen LogP contribution in [-0.4, -0.2) is 12.1 Å². The molecule has 104 valence electrons. The SMILES string of the molecule is Cl.N[C@H](c1ccc(Cl)cc1Cl)C(F)(F)C(F)(F)F. The van der Waals surface area contributed by atoms with Crippen LogP contribution in [0.2, 0.25) is 10.0 Å². The van der Waals surface area contributed by atoms with E-state index < -0.39 is 23.7 Å². The van der Waals surface area contributed by atoms with E-state index in [9.17, 15) is 22.0 Å². The highest BCUT2D eigenvalue weighted by Gasteiger charge is 2.61. The zero-order valence-electron chi connectivity index (χ0n) is 8.44. The Balaban J connectivity index is 0.00000289. The van der Waals surface area contributed by atoms with Gasteiger partial charge in [0.25, 0.3) is 0 Å². The molecule has 0 saturated carbocycles. The third-order valence-corrected chi connectivity index (χ3v) is 2.63. The molecule has 0 aliphatic carbocycles. The molecule has 2 N–H and O–H groups in total. The van der Waals surface area contributed by atoms with Gasteiger partial charge in [0.1, 0.15) is 6.04 Å². The van der Waals surface area contributed by atoms with Gasteiger partial charge in [0.2, 0.25) is 0 Å². The topological polar surface area (TPSA) is 26.0 Å². The van der Waals surface area contributed by atoms with Crippen molar-refractivity contribution in [3.63, 3.8) is 0 Å². The van der Waals surface area contributed by atoms with Crippen LogP contribution in [0.1, 0.15) is 11.6 Å². The highest BCUT2D eigenvalue weighted by atomic mass is 35.5. The minimum absolute atomic E-state index is 0. The molecule has 0 unspecified atom stereocenters. The van der Waals surface area contributed by atoms with Crippen molar-refractivity contribution in [2.45, 2.75) is 18.1 Å². The van der Waals surface area contributed by atoms with Gasteiger partial charge < -0.3 is 5.73 Å². The molecular formula is C9H7Cl3F5N. The van der Waals surface area contributed by atoms with Crippen molar-refractivity contribution < 1.29 is 22.0 Å². The van der Waals surface area contributed by atoms with Crippen molar-refractivity contribution in [1.82, 2.24) is 0 Å². The number of nitrogens with two attached hydrogens (primary N) is 1. The molecule has 0 amide bonds. The van der Waals surface area contributed by atoms with Gasteiger partial charge in [-0.1, -0.05) is 29.3 Å². The Hall–Kier alpha value is -0.300. The van der Waals surface area contributed by atoms with Gasteiger partial charge in [-0.2, -0.15) is 22.0 Å². The molecule has 1 rings (SSSR count). The second kappa shape index (κ2) is 5.77.